The molecule has 2 heterocycles. The van der Waals surface area contributed by atoms with Crippen LogP contribution >= 0.6 is 0 Å². The summed E-state index contributed by atoms with van der Waals surface area (Å²) >= 11 is 0. The summed E-state index contributed by atoms with van der Waals surface area (Å²) in [7, 11) is 0. The highest BCUT2D eigenvalue weighted by molar-refractivity contribution is 5.86. The maximum atomic E-state index is 13.2. The third kappa shape index (κ3) is 6.57. The topological polar surface area (TPSA) is 46.9 Å². The molecule has 38 heavy (non-hydrogen) atoms. The maximum absolute atomic E-state index is 13.2. The second-order valence-electron chi connectivity index (χ2n) is 10.1. The summed E-state index contributed by atoms with van der Waals surface area (Å²) in [5, 5.41) is 4.38. The lowest BCUT2D eigenvalue weighted by Gasteiger charge is -2.17. The number of para-hydroxylation sites is 1. The molecule has 4 heteroatoms. The van der Waals surface area contributed by atoms with Gasteiger partial charge in [0.25, 0.3) is 0 Å². The lowest BCUT2D eigenvalue weighted by atomic mass is 9.89. The van der Waals surface area contributed by atoms with Gasteiger partial charge in [0.15, 0.2) is 0 Å². The first-order valence-corrected chi connectivity index (χ1v) is 13.5. The van der Waals surface area contributed by atoms with Gasteiger partial charge in [-0.3, -0.25) is 9.78 Å². The minimum Gasteiger partial charge on any atom is -0.356 e. The van der Waals surface area contributed by atoms with Crippen molar-refractivity contribution in [3.8, 4) is 0 Å². The molecule has 0 fully saturated rings. The molecular formula is C34H35N3O. The number of hydrogen-bond donors (Lipinski definition) is 1. The van der Waals surface area contributed by atoms with Gasteiger partial charge in [-0.05, 0) is 60.6 Å². The largest absolute Gasteiger partial charge is 0.356 e. The van der Waals surface area contributed by atoms with Gasteiger partial charge in [-0.25, -0.2) is 0 Å². The Morgan fingerprint density at radius 1 is 0.842 bits per heavy atom. The summed E-state index contributed by atoms with van der Waals surface area (Å²) < 4.78 is 2.34. The van der Waals surface area contributed by atoms with E-state index in [1.165, 1.54) is 33.2 Å². The van der Waals surface area contributed by atoms with Gasteiger partial charge >= 0.3 is 0 Å². The Kier molecular flexibility index (Phi) is 8.29. The van der Waals surface area contributed by atoms with Crippen LogP contribution in [-0.4, -0.2) is 22.0 Å². The smallest absolute Gasteiger partial charge is 0.220 e. The van der Waals surface area contributed by atoms with Crippen molar-refractivity contribution in [2.75, 3.05) is 6.54 Å². The highest BCUT2D eigenvalue weighted by Gasteiger charge is 2.21. The maximum Gasteiger partial charge on any atom is 0.220 e. The van der Waals surface area contributed by atoms with Gasteiger partial charge < -0.3 is 9.88 Å². The molecule has 0 saturated carbocycles. The molecule has 1 amide bonds. The monoisotopic (exact) mass is 501 g/mol. The number of hydrogen-bond acceptors (Lipinski definition) is 2. The number of nitrogens with zero attached hydrogens (tertiary/aromatic N) is 2. The molecule has 0 bridgehead atoms. The lowest BCUT2D eigenvalue weighted by Crippen LogP contribution is -2.27. The molecular weight excluding hydrogens is 466 g/mol. The van der Waals surface area contributed by atoms with Crippen molar-refractivity contribution in [2.45, 2.75) is 45.1 Å². The van der Waals surface area contributed by atoms with E-state index in [0.29, 0.717) is 13.0 Å². The number of rotatable bonds is 11. The molecule has 0 aliphatic carbocycles. The molecule has 0 unspecified atom stereocenters. The molecule has 4 nitrogen and oxygen atoms in total. The summed E-state index contributed by atoms with van der Waals surface area (Å²) in [4.78, 5) is 17.5. The van der Waals surface area contributed by atoms with Gasteiger partial charge in [-0.1, -0.05) is 84.4 Å². The lowest BCUT2D eigenvalue weighted by molar-refractivity contribution is -0.121. The van der Waals surface area contributed by atoms with Crippen LogP contribution in [0.4, 0.5) is 0 Å². The SMILES string of the molecule is Cc1ccc(Cn2cc([C@@H](CCc3ccccc3)CC(=O)NCCc3ccccn3)c3ccccc32)cc1. The third-order valence-electron chi connectivity index (χ3n) is 7.22. The molecule has 3 aromatic carbocycles. The van der Waals surface area contributed by atoms with Gasteiger partial charge in [0.05, 0.1) is 0 Å². The average Bonchev–Trinajstić information content (AvgIpc) is 3.31. The van der Waals surface area contributed by atoms with E-state index in [1.54, 1.807) is 6.20 Å². The predicted molar refractivity (Wildman–Crippen MR) is 155 cm³/mol. The normalized spacial score (nSPS) is 11.9. The van der Waals surface area contributed by atoms with E-state index in [2.05, 4.69) is 107 Å². The quantitative estimate of drug-likeness (QED) is 0.215. The van der Waals surface area contributed by atoms with E-state index in [4.69, 9.17) is 0 Å². The number of carbonyl (C=O) groups is 1. The highest BCUT2D eigenvalue weighted by Crippen LogP contribution is 2.33. The number of aryl methyl sites for hydroxylation is 2. The van der Waals surface area contributed by atoms with Gasteiger partial charge in [0, 0.05) is 54.9 Å². The van der Waals surface area contributed by atoms with E-state index < -0.39 is 0 Å². The van der Waals surface area contributed by atoms with Gasteiger partial charge in [0.1, 0.15) is 0 Å². The Morgan fingerprint density at radius 2 is 1.61 bits per heavy atom. The van der Waals surface area contributed by atoms with Crippen LogP contribution in [0, 0.1) is 6.92 Å². The second-order valence-corrected chi connectivity index (χ2v) is 10.1. The predicted octanol–water partition coefficient (Wildman–Crippen LogP) is 6.86. The fourth-order valence-electron chi connectivity index (χ4n) is 5.15. The molecule has 0 spiro atoms. The fraction of sp³-hybridized carbons (Fsp3) is 0.235. The number of amides is 1. The van der Waals surface area contributed by atoms with Crippen LogP contribution in [0.15, 0.2) is 109 Å². The van der Waals surface area contributed by atoms with Crippen molar-refractivity contribution in [1.82, 2.24) is 14.9 Å². The van der Waals surface area contributed by atoms with Crippen LogP contribution < -0.4 is 5.32 Å². The highest BCUT2D eigenvalue weighted by atomic mass is 16.1. The van der Waals surface area contributed by atoms with Crippen molar-refractivity contribution < 1.29 is 4.79 Å². The summed E-state index contributed by atoms with van der Waals surface area (Å²) in [6.45, 7) is 3.52. The third-order valence-corrected chi connectivity index (χ3v) is 7.22. The molecule has 5 aromatic rings. The zero-order chi connectivity index (χ0) is 26.2. The molecule has 0 aliphatic heterocycles. The van der Waals surface area contributed by atoms with Crippen LogP contribution in [0.25, 0.3) is 10.9 Å². The number of pyridine rings is 1. The minimum absolute atomic E-state index is 0.0920. The zero-order valence-corrected chi connectivity index (χ0v) is 22.0. The van der Waals surface area contributed by atoms with Gasteiger partial charge in [0.2, 0.25) is 5.91 Å². The summed E-state index contributed by atoms with van der Waals surface area (Å²) in [6.07, 6.45) is 7.12. The summed E-state index contributed by atoms with van der Waals surface area (Å²) in [5.74, 6) is 0.212. The van der Waals surface area contributed by atoms with E-state index >= 15 is 0 Å². The Balaban J connectivity index is 1.37. The Bertz CT molecular complexity index is 1460. The van der Waals surface area contributed by atoms with Crippen molar-refractivity contribution >= 4 is 16.8 Å². The zero-order valence-electron chi connectivity index (χ0n) is 22.0. The molecule has 0 aliphatic rings. The van der Waals surface area contributed by atoms with Crippen molar-refractivity contribution in [1.29, 1.82) is 0 Å². The van der Waals surface area contributed by atoms with E-state index in [1.807, 2.05) is 18.2 Å². The fourth-order valence-corrected chi connectivity index (χ4v) is 5.15. The van der Waals surface area contributed by atoms with Crippen LogP contribution in [0.2, 0.25) is 0 Å². The number of aromatic nitrogens is 2. The van der Waals surface area contributed by atoms with Crippen molar-refractivity contribution in [2.24, 2.45) is 0 Å². The molecule has 0 saturated heterocycles. The first-order chi connectivity index (χ1) is 18.7. The molecule has 1 atom stereocenters. The van der Waals surface area contributed by atoms with Crippen molar-refractivity contribution in [3.63, 3.8) is 0 Å². The number of nitrogens with one attached hydrogen (secondary N) is 1. The molecule has 192 valence electrons. The van der Waals surface area contributed by atoms with Gasteiger partial charge in [-0.15, -0.1) is 0 Å². The Hall–Kier alpha value is -4.18. The Morgan fingerprint density at radius 3 is 2.39 bits per heavy atom. The number of fused-ring (bicyclic) bond motifs is 1. The van der Waals surface area contributed by atoms with Crippen LogP contribution in [-0.2, 0) is 24.2 Å². The van der Waals surface area contributed by atoms with E-state index in [-0.39, 0.29) is 11.8 Å². The van der Waals surface area contributed by atoms with E-state index in [0.717, 1.165) is 31.5 Å². The number of benzene rings is 3. The first-order valence-electron chi connectivity index (χ1n) is 13.5. The summed E-state index contributed by atoms with van der Waals surface area (Å²) in [5.41, 5.74) is 7.30. The standard InChI is InChI=1S/C34H35N3O/c1-26-14-16-28(17-15-26)24-37-25-32(31-12-5-6-13-33(31)37)29(19-18-27-9-3-2-4-10-27)23-34(38)36-22-20-30-11-7-8-21-35-30/h2-17,21,25,29H,18-20,22-24H2,1H3,(H,36,38)/t29-/m0/s1. The van der Waals surface area contributed by atoms with Crippen LogP contribution in [0.5, 0.6) is 0 Å². The molecule has 1 N–H and O–H groups in total. The molecule has 0 radical (unpaired) electrons. The molecule has 2 aromatic heterocycles. The number of carbonyl (C=O) groups excluding carboxylic acids is 1. The van der Waals surface area contributed by atoms with Crippen molar-refractivity contribution in [3.05, 3.63) is 137 Å². The second kappa shape index (κ2) is 12.4. The van der Waals surface area contributed by atoms with Crippen LogP contribution in [0.1, 0.15) is 46.7 Å². The summed E-state index contributed by atoms with van der Waals surface area (Å²) in [6, 6.07) is 33.8. The average molecular weight is 502 g/mol. The molecule has 5 rings (SSSR count). The Labute approximate surface area is 225 Å². The van der Waals surface area contributed by atoms with E-state index in [9.17, 15) is 4.79 Å². The minimum atomic E-state index is 0.0920. The first kappa shape index (κ1) is 25.5. The van der Waals surface area contributed by atoms with Gasteiger partial charge in [-0.2, -0.15) is 0 Å². The van der Waals surface area contributed by atoms with Crippen LogP contribution in [0.3, 0.4) is 0 Å².